The summed E-state index contributed by atoms with van der Waals surface area (Å²) in [6.07, 6.45) is 2.85. The lowest BCUT2D eigenvalue weighted by Gasteiger charge is -2.11. The molecule has 2 aromatic carbocycles. The SMILES string of the molecule is COCCc1nc2c(N)nc3ccccc3c2n1CCCCNSc1ccc(Br)cc1. The molecule has 3 N–H and O–H groups in total. The van der Waals surface area contributed by atoms with Gasteiger partial charge in [-0.25, -0.2) is 9.97 Å². The number of anilines is 1. The number of hydrogen-bond acceptors (Lipinski definition) is 6. The molecule has 162 valence electrons. The number of rotatable bonds is 10. The zero-order chi connectivity index (χ0) is 21.6. The molecule has 0 unspecified atom stereocenters. The molecule has 0 radical (unpaired) electrons. The van der Waals surface area contributed by atoms with E-state index in [9.17, 15) is 0 Å². The van der Waals surface area contributed by atoms with Crippen molar-refractivity contribution in [2.45, 2.75) is 30.7 Å². The van der Waals surface area contributed by atoms with E-state index in [4.69, 9.17) is 15.5 Å². The van der Waals surface area contributed by atoms with Crippen LogP contribution in [0, 0.1) is 0 Å². The Labute approximate surface area is 194 Å². The number of nitrogen functional groups attached to an aromatic ring is 1. The first kappa shape index (κ1) is 22.1. The Kier molecular flexibility index (Phi) is 7.45. The van der Waals surface area contributed by atoms with Crippen molar-refractivity contribution in [2.24, 2.45) is 0 Å². The van der Waals surface area contributed by atoms with Crippen molar-refractivity contribution in [1.29, 1.82) is 0 Å². The molecule has 0 aliphatic carbocycles. The number of halogens is 1. The number of unbranched alkanes of at least 4 members (excludes halogenated alkanes) is 1. The number of aryl methyl sites for hydroxylation is 1. The number of hydrogen-bond donors (Lipinski definition) is 2. The summed E-state index contributed by atoms with van der Waals surface area (Å²) in [6.45, 7) is 2.44. The fourth-order valence-electron chi connectivity index (χ4n) is 3.63. The van der Waals surface area contributed by atoms with E-state index in [1.807, 2.05) is 18.2 Å². The van der Waals surface area contributed by atoms with Crippen molar-refractivity contribution in [3.05, 3.63) is 58.8 Å². The lowest BCUT2D eigenvalue weighted by molar-refractivity contribution is 0.199. The van der Waals surface area contributed by atoms with Crippen LogP contribution in [0.3, 0.4) is 0 Å². The third kappa shape index (κ3) is 5.20. The van der Waals surface area contributed by atoms with Crippen molar-refractivity contribution in [2.75, 3.05) is 26.0 Å². The minimum absolute atomic E-state index is 0.485. The van der Waals surface area contributed by atoms with Crippen LogP contribution in [-0.2, 0) is 17.7 Å². The first-order valence-electron chi connectivity index (χ1n) is 10.3. The summed E-state index contributed by atoms with van der Waals surface area (Å²) < 4.78 is 12.2. The number of aromatic nitrogens is 3. The molecule has 4 rings (SSSR count). The maximum atomic E-state index is 6.26. The molecule has 0 aliphatic rings. The minimum Gasteiger partial charge on any atom is -0.384 e. The molecule has 8 heteroatoms. The highest BCUT2D eigenvalue weighted by Gasteiger charge is 2.16. The number of nitrogens with one attached hydrogen (secondary N) is 1. The van der Waals surface area contributed by atoms with E-state index >= 15 is 0 Å². The molecule has 0 saturated carbocycles. The molecule has 0 aliphatic heterocycles. The molecule has 4 aromatic rings. The molecule has 0 saturated heterocycles. The van der Waals surface area contributed by atoms with Gasteiger partial charge >= 0.3 is 0 Å². The van der Waals surface area contributed by atoms with Crippen LogP contribution in [0.4, 0.5) is 5.82 Å². The average Bonchev–Trinajstić information content (AvgIpc) is 3.15. The highest BCUT2D eigenvalue weighted by molar-refractivity contribution is 9.10. The molecular weight excluding hydrogens is 474 g/mol. The maximum Gasteiger partial charge on any atom is 0.152 e. The molecule has 0 fully saturated rings. The van der Waals surface area contributed by atoms with Crippen molar-refractivity contribution < 1.29 is 4.74 Å². The van der Waals surface area contributed by atoms with Gasteiger partial charge in [-0.1, -0.05) is 34.1 Å². The van der Waals surface area contributed by atoms with E-state index in [-0.39, 0.29) is 0 Å². The highest BCUT2D eigenvalue weighted by Crippen LogP contribution is 2.29. The van der Waals surface area contributed by atoms with Crippen molar-refractivity contribution in [1.82, 2.24) is 19.3 Å². The average molecular weight is 500 g/mol. The minimum atomic E-state index is 0.485. The number of ether oxygens (including phenoxy) is 1. The Hall–Kier alpha value is -2.13. The van der Waals surface area contributed by atoms with Gasteiger partial charge in [0.25, 0.3) is 0 Å². The zero-order valence-electron chi connectivity index (χ0n) is 17.5. The van der Waals surface area contributed by atoms with E-state index in [0.717, 1.165) is 64.6 Å². The van der Waals surface area contributed by atoms with Crippen molar-refractivity contribution >= 4 is 55.6 Å². The Bertz CT molecular complexity index is 1160. The summed E-state index contributed by atoms with van der Waals surface area (Å²) in [6, 6.07) is 16.4. The normalized spacial score (nSPS) is 11.5. The Morgan fingerprint density at radius 1 is 1.10 bits per heavy atom. The van der Waals surface area contributed by atoms with Crippen LogP contribution in [0.5, 0.6) is 0 Å². The molecule has 31 heavy (non-hydrogen) atoms. The van der Waals surface area contributed by atoms with Crippen LogP contribution >= 0.6 is 27.9 Å². The molecular formula is C23H26BrN5OS. The monoisotopic (exact) mass is 499 g/mol. The molecule has 6 nitrogen and oxygen atoms in total. The standard InChI is InChI=1S/C23H26BrN5OS/c1-30-15-12-20-28-21-22(18-6-2-3-7-19(18)27-23(21)25)29(20)14-5-4-13-26-31-17-10-8-16(24)9-11-17/h2-3,6-11,26H,4-5,12-15H2,1H3,(H2,25,27). The molecule has 0 bridgehead atoms. The summed E-state index contributed by atoms with van der Waals surface area (Å²) in [5.41, 5.74) is 9.02. The number of pyridine rings is 1. The van der Waals surface area contributed by atoms with Crippen molar-refractivity contribution in [3.8, 4) is 0 Å². The van der Waals surface area contributed by atoms with E-state index in [1.165, 1.54) is 4.90 Å². The van der Waals surface area contributed by atoms with Gasteiger partial charge in [0, 0.05) is 41.4 Å². The number of imidazole rings is 1. The summed E-state index contributed by atoms with van der Waals surface area (Å²) in [4.78, 5) is 10.6. The quantitative estimate of drug-likeness (QED) is 0.230. The lowest BCUT2D eigenvalue weighted by atomic mass is 10.2. The van der Waals surface area contributed by atoms with Gasteiger partial charge in [0.15, 0.2) is 5.82 Å². The van der Waals surface area contributed by atoms with Crippen molar-refractivity contribution in [3.63, 3.8) is 0 Å². The van der Waals surface area contributed by atoms with Crippen LogP contribution in [-0.4, -0.2) is 34.8 Å². The summed E-state index contributed by atoms with van der Waals surface area (Å²) in [5.74, 6) is 1.48. The number of benzene rings is 2. The molecule has 2 heterocycles. The Morgan fingerprint density at radius 2 is 1.90 bits per heavy atom. The van der Waals surface area contributed by atoms with Crippen LogP contribution in [0.25, 0.3) is 21.9 Å². The third-order valence-corrected chi connectivity index (χ3v) is 6.52. The van der Waals surface area contributed by atoms with Gasteiger partial charge in [0.1, 0.15) is 11.3 Å². The predicted octanol–water partition coefficient (Wildman–Crippen LogP) is 5.20. The largest absolute Gasteiger partial charge is 0.384 e. The lowest BCUT2D eigenvalue weighted by Crippen LogP contribution is -2.10. The molecule has 2 aromatic heterocycles. The third-order valence-electron chi connectivity index (χ3n) is 5.13. The van der Waals surface area contributed by atoms with E-state index in [0.29, 0.717) is 12.4 Å². The first-order valence-corrected chi connectivity index (χ1v) is 12.0. The number of methoxy groups -OCH3 is 1. The Balaban J connectivity index is 1.47. The predicted molar refractivity (Wildman–Crippen MR) is 132 cm³/mol. The second-order valence-electron chi connectivity index (χ2n) is 7.29. The van der Waals surface area contributed by atoms with Crippen LogP contribution in [0.2, 0.25) is 0 Å². The molecule has 0 amide bonds. The highest BCUT2D eigenvalue weighted by atomic mass is 79.9. The Morgan fingerprint density at radius 3 is 2.71 bits per heavy atom. The van der Waals surface area contributed by atoms with Gasteiger partial charge in [0.05, 0.1) is 17.6 Å². The van der Waals surface area contributed by atoms with Gasteiger partial charge < -0.3 is 15.0 Å². The summed E-state index contributed by atoms with van der Waals surface area (Å²) in [5, 5.41) is 1.09. The van der Waals surface area contributed by atoms with E-state index in [2.05, 4.69) is 60.5 Å². The van der Waals surface area contributed by atoms with Gasteiger partial charge in [-0.15, -0.1) is 0 Å². The van der Waals surface area contributed by atoms with Gasteiger partial charge in [0.2, 0.25) is 0 Å². The topological polar surface area (TPSA) is 78.0 Å². The fourth-order valence-corrected chi connectivity index (χ4v) is 4.58. The van der Waals surface area contributed by atoms with Gasteiger partial charge in [-0.3, -0.25) is 4.72 Å². The number of fused-ring (bicyclic) bond motifs is 3. The second kappa shape index (κ2) is 10.5. The number of para-hydroxylation sites is 1. The molecule has 0 spiro atoms. The van der Waals surface area contributed by atoms with Crippen LogP contribution in [0.1, 0.15) is 18.7 Å². The van der Waals surface area contributed by atoms with Crippen LogP contribution < -0.4 is 10.5 Å². The smallest absolute Gasteiger partial charge is 0.152 e. The van der Waals surface area contributed by atoms with E-state index in [1.54, 1.807) is 19.1 Å². The second-order valence-corrected chi connectivity index (χ2v) is 9.17. The maximum absolute atomic E-state index is 6.26. The zero-order valence-corrected chi connectivity index (χ0v) is 19.9. The molecule has 0 atom stereocenters. The van der Waals surface area contributed by atoms with Gasteiger partial charge in [-0.2, -0.15) is 0 Å². The number of nitrogens with zero attached hydrogens (tertiary/aromatic N) is 3. The number of nitrogens with two attached hydrogens (primary N) is 1. The fraction of sp³-hybridized carbons (Fsp3) is 0.304. The summed E-state index contributed by atoms with van der Waals surface area (Å²) in [7, 11) is 1.72. The van der Waals surface area contributed by atoms with Gasteiger partial charge in [-0.05, 0) is 55.1 Å². The first-order chi connectivity index (χ1) is 15.2. The van der Waals surface area contributed by atoms with E-state index < -0.39 is 0 Å². The van der Waals surface area contributed by atoms with Crippen LogP contribution in [0.15, 0.2) is 57.9 Å². The summed E-state index contributed by atoms with van der Waals surface area (Å²) >= 11 is 5.13.